The molecule has 5 heavy (non-hydrogen) atoms. The summed E-state index contributed by atoms with van der Waals surface area (Å²) in [5.41, 5.74) is 0. The molecule has 0 aliphatic carbocycles. The van der Waals surface area contributed by atoms with E-state index in [-0.39, 0.29) is 49.5 Å². The first kappa shape index (κ1) is 213. The van der Waals surface area contributed by atoms with Gasteiger partial charge in [0.25, 0.3) is 0 Å². The van der Waals surface area contributed by atoms with Gasteiger partial charge >= 0.3 is 0 Å². The first-order valence-corrected chi connectivity index (χ1v) is 0. The van der Waals surface area contributed by atoms with Gasteiger partial charge in [-0.3, -0.25) is 0 Å². The van der Waals surface area contributed by atoms with E-state index < -0.39 is 0 Å². The molecule has 0 aliphatic heterocycles. The summed E-state index contributed by atoms with van der Waals surface area (Å²) in [6.07, 6.45) is 0. The normalized spacial score (nSPS) is 0. The molecule has 2 nitrogen and oxygen atoms in total. The lowest BCUT2D eigenvalue weighted by atomic mass is 14.0. The van der Waals surface area contributed by atoms with Crippen molar-refractivity contribution < 1.29 is 24.8 Å². The van der Waals surface area contributed by atoms with Crippen molar-refractivity contribution in [2.75, 3.05) is 0 Å². The Kier molecular flexibility index (Phi) is 4690. The zero-order valence-corrected chi connectivity index (χ0v) is 5.49. The smallest absolute Gasteiger partial charge is 0.147 e. The van der Waals surface area contributed by atoms with Crippen molar-refractivity contribution in [3.63, 3.8) is 0 Å². The lowest BCUT2D eigenvalue weighted by molar-refractivity contribution is -0.001000. The Hall–Kier alpha value is 0.790. The topological polar surface area (TPSA) is 73.0 Å². The van der Waals surface area contributed by atoms with Gasteiger partial charge in [0.1, 0.15) is 0 Å². The van der Waals surface area contributed by atoms with Crippen LogP contribution in [-0.2, 0) is 0 Å². The molecular weight excluding hydrogens is 134 g/mol. The van der Waals surface area contributed by atoms with Crippen LogP contribution in [-0.4, -0.2) is 0 Å². The minimum absolute atomic E-state index is 0. The quantitative estimate of drug-likeness (QED) is 0.342. The molecule has 0 aromatic rings. The largest absolute Gasteiger partial charge is 1.00 e. The first-order valence-electron chi connectivity index (χ1n) is 0. The van der Waals surface area contributed by atoms with E-state index in [0.29, 0.717) is 0 Å². The highest BCUT2D eigenvalue weighted by atomic mass is 35.5. The third-order valence-corrected chi connectivity index (χ3v) is 0. The van der Waals surface area contributed by atoms with Crippen molar-refractivity contribution in [2.45, 2.75) is 0 Å². The summed E-state index contributed by atoms with van der Waals surface area (Å²) < 4.78 is 0. The second-order valence-corrected chi connectivity index (χ2v) is 0. The molecule has 0 atom stereocenters. The van der Waals surface area contributed by atoms with Crippen LogP contribution < -0.4 is 37.1 Å². The first-order chi connectivity index (χ1) is 0. The van der Waals surface area contributed by atoms with Crippen molar-refractivity contribution in [3.8, 4) is 0 Å². The highest BCUT2D eigenvalue weighted by Gasteiger charge is -0.147. The van der Waals surface area contributed by atoms with E-state index in [2.05, 4.69) is 0 Å². The highest BCUT2D eigenvalue weighted by Crippen LogP contribution is 0.690. The van der Waals surface area contributed by atoms with Crippen molar-refractivity contribution in [1.82, 2.24) is 12.3 Å². The standard InChI is InChI=1S/3ClH.2H3N/h3*1H;2*1H3. The average molecular weight is 143 g/mol. The Bertz CT molecular complexity index is 4.85. The molecule has 40 valence electrons. The molecule has 5 heteroatoms. The molecular formula is H9Cl3N2. The Morgan fingerprint density at radius 3 is 0.600 bits per heavy atom. The summed E-state index contributed by atoms with van der Waals surface area (Å²) >= 11 is 0. The summed E-state index contributed by atoms with van der Waals surface area (Å²) in [5.74, 6) is 0. The molecule has 0 heterocycles. The summed E-state index contributed by atoms with van der Waals surface area (Å²) in [4.78, 5) is 0. The van der Waals surface area contributed by atoms with Crippen LogP contribution in [0.25, 0.3) is 0 Å². The van der Waals surface area contributed by atoms with Gasteiger partial charge in [-0.25, -0.2) is 0 Å². The van der Waals surface area contributed by atoms with E-state index in [1.807, 2.05) is 0 Å². The Morgan fingerprint density at radius 2 is 0.600 bits per heavy atom. The number of rotatable bonds is 0. The van der Waals surface area contributed by atoms with Gasteiger partial charge in [-0.15, -0.1) is 12.4 Å². The van der Waals surface area contributed by atoms with Gasteiger partial charge in [-0.1, -0.05) is 0 Å². The Balaban J connectivity index is 0. The number of hydrogen-bond acceptors (Lipinski definition) is 0. The molecule has 0 aromatic heterocycles. The minimum Gasteiger partial charge on any atom is -1.00 e. The van der Waals surface area contributed by atoms with Gasteiger partial charge in [0, 0.05) is 0 Å². The molecule has 8 N–H and O–H groups in total. The van der Waals surface area contributed by atoms with Crippen LogP contribution in [0.15, 0.2) is 0 Å². The highest BCUT2D eigenvalue weighted by molar-refractivity contribution is 5.85. The van der Waals surface area contributed by atoms with Crippen LogP contribution in [0.1, 0.15) is 0 Å². The third kappa shape index (κ3) is 59.7. The van der Waals surface area contributed by atoms with Gasteiger partial charge in [0.05, 0.1) is 0 Å². The molecule has 0 rings (SSSR count). The Labute approximate surface area is 50.1 Å². The molecule has 0 amide bonds. The van der Waals surface area contributed by atoms with E-state index in [9.17, 15) is 0 Å². The van der Waals surface area contributed by atoms with Gasteiger partial charge in [0.15, 0.2) is 0 Å². The second kappa shape index (κ2) is 110. The minimum atomic E-state index is 0. The average Bonchev–Trinajstić information content (AvgIpc) is 0. The summed E-state index contributed by atoms with van der Waals surface area (Å²) in [6.45, 7) is 0. The molecule has 0 saturated heterocycles. The van der Waals surface area contributed by atoms with Crippen molar-refractivity contribution in [3.05, 3.63) is 0 Å². The second-order valence-electron chi connectivity index (χ2n) is 0. The lowest BCUT2D eigenvalue weighted by Crippen LogP contribution is -3.00. The van der Waals surface area contributed by atoms with E-state index in [1.54, 1.807) is 0 Å². The van der Waals surface area contributed by atoms with Crippen LogP contribution in [0.4, 0.5) is 0 Å². The SMILES string of the molecule is Cl.[Cl-].[Cl-].[NH4+].[NH4+]. The summed E-state index contributed by atoms with van der Waals surface area (Å²) in [6, 6.07) is 0. The summed E-state index contributed by atoms with van der Waals surface area (Å²) in [5, 5.41) is 0. The lowest BCUT2D eigenvalue weighted by Gasteiger charge is -1.00. The van der Waals surface area contributed by atoms with E-state index in [1.165, 1.54) is 0 Å². The van der Waals surface area contributed by atoms with Crippen LogP contribution in [0.2, 0.25) is 0 Å². The van der Waals surface area contributed by atoms with Gasteiger partial charge < -0.3 is 37.1 Å². The number of hydrogen-bond donors (Lipinski definition) is 2. The Morgan fingerprint density at radius 1 is 0.600 bits per heavy atom. The maximum Gasteiger partial charge on any atom is -0.147 e. The van der Waals surface area contributed by atoms with Crippen molar-refractivity contribution in [1.29, 1.82) is 0 Å². The fraction of sp³-hybridized carbons (Fsp3) is 0. The molecule has 0 aromatic carbocycles. The zero-order valence-electron chi connectivity index (χ0n) is 3.16. The predicted octanol–water partition coefficient (Wildman–Crippen LogP) is -4.82. The molecule has 0 bridgehead atoms. The summed E-state index contributed by atoms with van der Waals surface area (Å²) in [7, 11) is 0. The van der Waals surface area contributed by atoms with Crippen LogP contribution >= 0.6 is 12.4 Å². The van der Waals surface area contributed by atoms with E-state index in [4.69, 9.17) is 0 Å². The predicted molar refractivity (Wildman–Crippen MR) is 19.2 cm³/mol. The van der Waals surface area contributed by atoms with Gasteiger partial charge in [-0.2, -0.15) is 0 Å². The monoisotopic (exact) mass is 142 g/mol. The van der Waals surface area contributed by atoms with Crippen molar-refractivity contribution in [2.24, 2.45) is 0 Å². The molecule has 0 fully saturated rings. The maximum atomic E-state index is 0. The van der Waals surface area contributed by atoms with Crippen LogP contribution in [0.3, 0.4) is 0 Å². The molecule has 0 unspecified atom stereocenters. The van der Waals surface area contributed by atoms with Crippen molar-refractivity contribution >= 4 is 12.4 Å². The fourth-order valence-electron chi connectivity index (χ4n) is 0. The third-order valence-electron chi connectivity index (χ3n) is 0. The zero-order chi connectivity index (χ0) is 0. The molecule has 0 aliphatic rings. The maximum absolute atomic E-state index is 0. The van der Waals surface area contributed by atoms with Gasteiger partial charge in [0.2, 0.25) is 0 Å². The fourth-order valence-corrected chi connectivity index (χ4v) is 0. The molecule has 0 spiro atoms. The van der Waals surface area contributed by atoms with E-state index in [0.717, 1.165) is 0 Å². The molecule has 0 saturated carbocycles. The van der Waals surface area contributed by atoms with E-state index >= 15 is 0 Å². The number of quaternary nitrogens is 2. The van der Waals surface area contributed by atoms with Crippen LogP contribution in [0.5, 0.6) is 0 Å². The molecule has 0 radical (unpaired) electrons. The van der Waals surface area contributed by atoms with Gasteiger partial charge in [-0.05, 0) is 0 Å². The number of halogens is 3. The van der Waals surface area contributed by atoms with Crippen LogP contribution in [0, 0.1) is 0 Å².